The molecule has 1 heterocycles. The molecule has 1 aliphatic rings. The van der Waals surface area contributed by atoms with Gasteiger partial charge in [-0.05, 0) is 30.9 Å². The van der Waals surface area contributed by atoms with E-state index >= 15 is 0 Å². The van der Waals surface area contributed by atoms with Crippen LogP contribution >= 0.6 is 0 Å². The highest BCUT2D eigenvalue weighted by molar-refractivity contribution is 5.78. The lowest BCUT2D eigenvalue weighted by Gasteiger charge is -2.08. The molecule has 0 unspecified atom stereocenters. The fourth-order valence-electron chi connectivity index (χ4n) is 2.76. The fourth-order valence-corrected chi connectivity index (χ4v) is 2.76. The van der Waals surface area contributed by atoms with Crippen LogP contribution in [0.25, 0.3) is 0 Å². The third-order valence-electron chi connectivity index (χ3n) is 4.17. The highest BCUT2D eigenvalue weighted by Crippen LogP contribution is 2.42. The monoisotopic (exact) mass is 351 g/mol. The third-order valence-corrected chi connectivity index (χ3v) is 4.17. The molecule has 134 valence electrons. The quantitative estimate of drug-likeness (QED) is 0.776. The minimum Gasteiger partial charge on any atom is -0.356 e. The van der Waals surface area contributed by atoms with E-state index in [-0.39, 0.29) is 11.8 Å². The summed E-state index contributed by atoms with van der Waals surface area (Å²) >= 11 is 0. The second-order valence-corrected chi connectivity index (χ2v) is 6.32. The summed E-state index contributed by atoms with van der Waals surface area (Å²) in [5.74, 6) is 0.0985. The molecule has 0 atom stereocenters. The van der Waals surface area contributed by atoms with Gasteiger partial charge in [-0.15, -0.1) is 0 Å². The number of benzene rings is 1. The van der Waals surface area contributed by atoms with Crippen LogP contribution < -0.4 is 5.32 Å². The van der Waals surface area contributed by atoms with Gasteiger partial charge in [0.25, 0.3) is 0 Å². The molecule has 1 N–H and O–H groups in total. The van der Waals surface area contributed by atoms with Gasteiger partial charge in [0.1, 0.15) is 0 Å². The summed E-state index contributed by atoms with van der Waals surface area (Å²) in [4.78, 5) is 11.9. The van der Waals surface area contributed by atoms with Crippen molar-refractivity contribution < 1.29 is 18.0 Å². The number of hydrogen-bond donors (Lipinski definition) is 1. The normalized spacial score (nSPS) is 14.5. The van der Waals surface area contributed by atoms with E-state index in [2.05, 4.69) is 10.4 Å². The summed E-state index contributed by atoms with van der Waals surface area (Å²) in [6, 6.07) is 10.5. The van der Waals surface area contributed by atoms with Crippen molar-refractivity contribution >= 4 is 5.91 Å². The van der Waals surface area contributed by atoms with Gasteiger partial charge < -0.3 is 5.32 Å². The molecule has 3 rings (SSSR count). The summed E-state index contributed by atoms with van der Waals surface area (Å²) in [6.45, 7) is 0.782. The maximum absolute atomic E-state index is 12.8. The number of aryl methyl sites for hydroxylation is 1. The van der Waals surface area contributed by atoms with E-state index in [1.54, 1.807) is 0 Å². The van der Waals surface area contributed by atoms with Crippen molar-refractivity contribution in [2.45, 2.75) is 44.3 Å². The molecule has 1 saturated carbocycles. The summed E-state index contributed by atoms with van der Waals surface area (Å²) in [6.07, 6.45) is -1.75. The van der Waals surface area contributed by atoms with Crippen molar-refractivity contribution in [3.05, 3.63) is 53.3 Å². The molecule has 0 saturated heterocycles. The van der Waals surface area contributed by atoms with Crippen LogP contribution in [0.4, 0.5) is 13.2 Å². The van der Waals surface area contributed by atoms with E-state index in [1.165, 1.54) is 4.68 Å². The van der Waals surface area contributed by atoms with Gasteiger partial charge in [0.05, 0.1) is 6.42 Å². The molecular formula is C18H20F3N3O. The van der Waals surface area contributed by atoms with Crippen molar-refractivity contribution in [1.82, 2.24) is 15.1 Å². The van der Waals surface area contributed by atoms with Crippen molar-refractivity contribution in [3.63, 3.8) is 0 Å². The Morgan fingerprint density at radius 2 is 1.96 bits per heavy atom. The second-order valence-electron chi connectivity index (χ2n) is 6.32. The number of nitrogens with zero attached hydrogens (tertiary/aromatic N) is 2. The van der Waals surface area contributed by atoms with Gasteiger partial charge in [0.15, 0.2) is 5.69 Å². The van der Waals surface area contributed by atoms with Crippen LogP contribution in [0.3, 0.4) is 0 Å². The molecular weight excluding hydrogens is 331 g/mol. The smallest absolute Gasteiger partial charge is 0.356 e. The van der Waals surface area contributed by atoms with Crippen LogP contribution in [-0.2, 0) is 23.9 Å². The molecule has 2 aromatic rings. The lowest BCUT2D eigenvalue weighted by atomic mass is 10.1. The Labute approximate surface area is 144 Å². The molecule has 0 bridgehead atoms. The van der Waals surface area contributed by atoms with E-state index in [4.69, 9.17) is 0 Å². The van der Waals surface area contributed by atoms with Gasteiger partial charge in [-0.3, -0.25) is 9.48 Å². The standard InChI is InChI=1S/C18H20F3N3O/c19-18(20,21)16-12-15(14-7-8-14)24(23-16)10-4-9-22-17(25)11-13-5-2-1-3-6-13/h1-3,5-6,12,14H,4,7-11H2,(H,22,25). The Morgan fingerprint density at radius 1 is 1.24 bits per heavy atom. The zero-order chi connectivity index (χ0) is 17.9. The van der Waals surface area contributed by atoms with Crippen molar-refractivity contribution in [2.75, 3.05) is 6.54 Å². The van der Waals surface area contributed by atoms with E-state index in [1.807, 2.05) is 30.3 Å². The Bertz CT molecular complexity index is 721. The Kier molecular flexibility index (Phi) is 5.11. The maximum atomic E-state index is 12.8. The van der Waals surface area contributed by atoms with Gasteiger partial charge in [-0.25, -0.2) is 0 Å². The zero-order valence-corrected chi connectivity index (χ0v) is 13.7. The SMILES string of the molecule is O=C(Cc1ccccc1)NCCCn1nc(C(F)(F)F)cc1C1CC1. The van der Waals surface area contributed by atoms with Crippen LogP contribution in [0.5, 0.6) is 0 Å². The van der Waals surface area contributed by atoms with Crippen LogP contribution in [0.1, 0.15) is 42.1 Å². The van der Waals surface area contributed by atoms with E-state index in [9.17, 15) is 18.0 Å². The number of carbonyl (C=O) groups is 1. The largest absolute Gasteiger partial charge is 0.435 e. The average molecular weight is 351 g/mol. The number of carbonyl (C=O) groups excluding carboxylic acids is 1. The predicted molar refractivity (Wildman–Crippen MR) is 87.0 cm³/mol. The summed E-state index contributed by atoms with van der Waals surface area (Å²) in [5, 5.41) is 6.51. The first-order valence-electron chi connectivity index (χ1n) is 8.39. The molecule has 7 heteroatoms. The molecule has 1 fully saturated rings. The van der Waals surface area contributed by atoms with Gasteiger partial charge in [0, 0.05) is 24.7 Å². The number of aromatic nitrogens is 2. The molecule has 25 heavy (non-hydrogen) atoms. The van der Waals surface area contributed by atoms with Crippen LogP contribution in [0.15, 0.2) is 36.4 Å². The van der Waals surface area contributed by atoms with Crippen LogP contribution in [0, 0.1) is 0 Å². The molecule has 1 aromatic heterocycles. The first-order valence-corrected chi connectivity index (χ1v) is 8.39. The number of hydrogen-bond acceptors (Lipinski definition) is 2. The molecule has 1 aliphatic carbocycles. The van der Waals surface area contributed by atoms with Crippen molar-refractivity contribution in [3.8, 4) is 0 Å². The summed E-state index contributed by atoms with van der Waals surface area (Å²) in [5.41, 5.74) is 0.753. The minimum absolute atomic E-state index is 0.0925. The van der Waals surface area contributed by atoms with Crippen molar-refractivity contribution in [1.29, 1.82) is 0 Å². The molecule has 1 amide bonds. The van der Waals surface area contributed by atoms with Gasteiger partial charge in [-0.1, -0.05) is 30.3 Å². The minimum atomic E-state index is -4.42. The van der Waals surface area contributed by atoms with E-state index in [0.717, 1.165) is 24.5 Å². The Morgan fingerprint density at radius 3 is 2.60 bits per heavy atom. The van der Waals surface area contributed by atoms with Gasteiger partial charge in [-0.2, -0.15) is 18.3 Å². The molecule has 0 aliphatic heterocycles. The lowest BCUT2D eigenvalue weighted by Crippen LogP contribution is -2.27. The molecule has 0 radical (unpaired) electrons. The number of amides is 1. The Balaban J connectivity index is 1.49. The van der Waals surface area contributed by atoms with E-state index < -0.39 is 11.9 Å². The topological polar surface area (TPSA) is 46.9 Å². The molecule has 0 spiro atoms. The fraction of sp³-hybridized carbons (Fsp3) is 0.444. The second kappa shape index (κ2) is 7.29. The van der Waals surface area contributed by atoms with Crippen LogP contribution in [-0.4, -0.2) is 22.2 Å². The highest BCUT2D eigenvalue weighted by atomic mass is 19.4. The van der Waals surface area contributed by atoms with Crippen molar-refractivity contribution in [2.24, 2.45) is 0 Å². The highest BCUT2D eigenvalue weighted by Gasteiger charge is 2.37. The number of alkyl halides is 3. The zero-order valence-electron chi connectivity index (χ0n) is 13.7. The molecule has 1 aromatic carbocycles. The number of halogens is 3. The predicted octanol–water partition coefficient (Wildman–Crippen LogP) is 3.53. The maximum Gasteiger partial charge on any atom is 0.435 e. The average Bonchev–Trinajstić information content (AvgIpc) is 3.31. The first kappa shape index (κ1) is 17.5. The first-order chi connectivity index (χ1) is 11.9. The lowest BCUT2D eigenvalue weighted by molar-refractivity contribution is -0.141. The van der Waals surface area contributed by atoms with Crippen LogP contribution in [0.2, 0.25) is 0 Å². The number of nitrogens with one attached hydrogen (secondary N) is 1. The summed E-state index contributed by atoms with van der Waals surface area (Å²) in [7, 11) is 0. The third kappa shape index (κ3) is 4.84. The summed E-state index contributed by atoms with van der Waals surface area (Å²) < 4.78 is 39.9. The van der Waals surface area contributed by atoms with E-state index in [0.29, 0.717) is 31.6 Å². The molecule has 4 nitrogen and oxygen atoms in total. The van der Waals surface area contributed by atoms with Gasteiger partial charge in [0.2, 0.25) is 5.91 Å². The Hall–Kier alpha value is -2.31. The number of rotatable bonds is 7. The van der Waals surface area contributed by atoms with Gasteiger partial charge >= 0.3 is 6.18 Å².